The molecule has 0 aromatic rings. The van der Waals surface area contributed by atoms with Crippen LogP contribution in [0.3, 0.4) is 0 Å². The standard InChI is InChI=1S/C8H14.C7H11F.2C2H6/c1-7-3-5-8(2)6-4-7;1-6-2-4-7(8)5-3-6;2*1-2/h3,8H,4-6H2,1-2H3;2,7H,3-5H2,1H3;2*1-2H3. The summed E-state index contributed by atoms with van der Waals surface area (Å²) < 4.78 is 12.3. The molecule has 2 rings (SSSR count). The zero-order valence-electron chi connectivity index (χ0n) is 14.9. The van der Waals surface area contributed by atoms with Crippen LogP contribution in [0.2, 0.25) is 0 Å². The van der Waals surface area contributed by atoms with Crippen LogP contribution >= 0.6 is 0 Å². The van der Waals surface area contributed by atoms with Crippen molar-refractivity contribution in [2.45, 2.75) is 93.2 Å². The van der Waals surface area contributed by atoms with Crippen molar-refractivity contribution in [3.8, 4) is 0 Å². The molecule has 120 valence electrons. The van der Waals surface area contributed by atoms with E-state index in [9.17, 15) is 4.39 Å². The molecule has 20 heavy (non-hydrogen) atoms. The van der Waals surface area contributed by atoms with Crippen LogP contribution in [-0.4, -0.2) is 6.17 Å². The predicted molar refractivity (Wildman–Crippen MR) is 92.0 cm³/mol. The average Bonchev–Trinajstić information content (AvgIpc) is 2.50. The minimum absolute atomic E-state index is 0.557. The molecule has 0 radical (unpaired) electrons. The van der Waals surface area contributed by atoms with Gasteiger partial charge in [0, 0.05) is 0 Å². The van der Waals surface area contributed by atoms with Crippen molar-refractivity contribution in [3.63, 3.8) is 0 Å². The summed E-state index contributed by atoms with van der Waals surface area (Å²) in [6.45, 7) is 14.6. The van der Waals surface area contributed by atoms with Gasteiger partial charge in [-0.05, 0) is 58.3 Å². The normalized spacial score (nSPS) is 24.4. The Bertz CT molecular complexity index is 235. The van der Waals surface area contributed by atoms with Crippen LogP contribution in [0.25, 0.3) is 0 Å². The maximum absolute atomic E-state index is 12.3. The van der Waals surface area contributed by atoms with Crippen LogP contribution in [0.1, 0.15) is 87.0 Å². The van der Waals surface area contributed by atoms with E-state index in [0.717, 1.165) is 18.8 Å². The van der Waals surface area contributed by atoms with Crippen LogP contribution in [0.4, 0.5) is 4.39 Å². The Morgan fingerprint density at radius 1 is 0.850 bits per heavy atom. The third-order valence-electron chi connectivity index (χ3n) is 3.47. The first-order valence-corrected chi connectivity index (χ1v) is 8.53. The molecule has 0 aromatic heterocycles. The maximum Gasteiger partial charge on any atom is 0.104 e. The van der Waals surface area contributed by atoms with Gasteiger partial charge in [-0.15, -0.1) is 0 Å². The topological polar surface area (TPSA) is 0 Å². The lowest BCUT2D eigenvalue weighted by molar-refractivity contribution is 0.307. The molecular formula is C19H37F. The third kappa shape index (κ3) is 12.4. The first-order valence-electron chi connectivity index (χ1n) is 8.53. The van der Waals surface area contributed by atoms with E-state index in [2.05, 4.69) is 26.8 Å². The molecule has 0 amide bonds. The largest absolute Gasteiger partial charge is 0.247 e. The lowest BCUT2D eigenvalue weighted by Gasteiger charge is -2.14. The van der Waals surface area contributed by atoms with Gasteiger partial charge in [-0.25, -0.2) is 4.39 Å². The summed E-state index contributed by atoms with van der Waals surface area (Å²) in [6, 6.07) is 0. The quantitative estimate of drug-likeness (QED) is 0.411. The molecule has 2 atom stereocenters. The molecule has 2 unspecified atom stereocenters. The number of hydrogen-bond donors (Lipinski definition) is 0. The Kier molecular flexibility index (Phi) is 16.1. The second kappa shape index (κ2) is 14.8. The number of hydrogen-bond acceptors (Lipinski definition) is 0. The van der Waals surface area contributed by atoms with Crippen molar-refractivity contribution in [1.82, 2.24) is 0 Å². The smallest absolute Gasteiger partial charge is 0.104 e. The van der Waals surface area contributed by atoms with Crippen molar-refractivity contribution in [3.05, 3.63) is 23.3 Å². The fourth-order valence-corrected chi connectivity index (χ4v) is 2.03. The summed E-state index contributed by atoms with van der Waals surface area (Å²) in [5.74, 6) is 0.943. The van der Waals surface area contributed by atoms with E-state index in [0.29, 0.717) is 6.42 Å². The average molecular weight is 285 g/mol. The Hall–Kier alpha value is -0.590. The molecule has 1 heteroatoms. The molecule has 0 bridgehead atoms. The SMILES string of the molecule is CC.CC.CC1=CCC(C)CC1.CC1=CCC(F)CC1. The van der Waals surface area contributed by atoms with Crippen molar-refractivity contribution in [2.75, 3.05) is 0 Å². The molecule has 2 aliphatic carbocycles. The zero-order chi connectivity index (χ0) is 16.0. The summed E-state index contributed by atoms with van der Waals surface area (Å²) >= 11 is 0. The fourth-order valence-electron chi connectivity index (χ4n) is 2.03. The Morgan fingerprint density at radius 2 is 1.30 bits per heavy atom. The lowest BCUT2D eigenvalue weighted by atomic mass is 9.92. The molecule has 0 saturated heterocycles. The van der Waals surface area contributed by atoms with E-state index >= 15 is 0 Å². The summed E-state index contributed by atoms with van der Waals surface area (Å²) in [5, 5.41) is 0. The van der Waals surface area contributed by atoms with Crippen molar-refractivity contribution in [2.24, 2.45) is 5.92 Å². The molecule has 0 spiro atoms. The predicted octanol–water partition coefficient (Wildman–Crippen LogP) is 7.26. The zero-order valence-corrected chi connectivity index (χ0v) is 14.9. The Morgan fingerprint density at radius 3 is 1.55 bits per heavy atom. The van der Waals surface area contributed by atoms with E-state index in [1.165, 1.54) is 24.8 Å². The monoisotopic (exact) mass is 284 g/mol. The molecule has 0 nitrogen and oxygen atoms in total. The van der Waals surface area contributed by atoms with E-state index in [4.69, 9.17) is 0 Å². The van der Waals surface area contributed by atoms with Gasteiger partial charge in [0.05, 0.1) is 0 Å². The van der Waals surface area contributed by atoms with E-state index in [1.807, 2.05) is 33.8 Å². The van der Waals surface area contributed by atoms with Gasteiger partial charge >= 0.3 is 0 Å². The van der Waals surface area contributed by atoms with Gasteiger partial charge < -0.3 is 0 Å². The maximum atomic E-state index is 12.3. The van der Waals surface area contributed by atoms with Gasteiger partial charge in [-0.1, -0.05) is 57.9 Å². The van der Waals surface area contributed by atoms with Crippen LogP contribution in [-0.2, 0) is 0 Å². The molecule has 0 fully saturated rings. The van der Waals surface area contributed by atoms with E-state index in [1.54, 1.807) is 5.57 Å². The molecular weight excluding hydrogens is 247 g/mol. The Balaban J connectivity index is 0. The van der Waals surface area contributed by atoms with Crippen LogP contribution in [0.5, 0.6) is 0 Å². The number of allylic oxidation sites excluding steroid dienone is 4. The molecule has 0 aliphatic heterocycles. The van der Waals surface area contributed by atoms with Gasteiger partial charge in [-0.2, -0.15) is 0 Å². The van der Waals surface area contributed by atoms with Crippen LogP contribution in [0.15, 0.2) is 23.3 Å². The highest BCUT2D eigenvalue weighted by molar-refractivity contribution is 5.03. The van der Waals surface area contributed by atoms with E-state index in [-0.39, 0.29) is 0 Å². The Labute approximate surface area is 127 Å². The van der Waals surface area contributed by atoms with Crippen molar-refractivity contribution >= 4 is 0 Å². The van der Waals surface area contributed by atoms with Gasteiger partial charge in [-0.3, -0.25) is 0 Å². The molecule has 0 heterocycles. The summed E-state index contributed by atoms with van der Waals surface area (Å²) in [7, 11) is 0. The summed E-state index contributed by atoms with van der Waals surface area (Å²) in [4.78, 5) is 0. The van der Waals surface area contributed by atoms with Crippen molar-refractivity contribution in [1.29, 1.82) is 0 Å². The highest BCUT2D eigenvalue weighted by atomic mass is 19.1. The second-order valence-electron chi connectivity index (χ2n) is 5.35. The summed E-state index contributed by atoms with van der Waals surface area (Å²) in [5.41, 5.74) is 2.93. The lowest BCUT2D eigenvalue weighted by Crippen LogP contribution is -2.03. The summed E-state index contributed by atoms with van der Waals surface area (Å²) in [6.07, 6.45) is 10.2. The van der Waals surface area contributed by atoms with Gasteiger partial charge in [0.25, 0.3) is 0 Å². The van der Waals surface area contributed by atoms with Crippen LogP contribution in [0, 0.1) is 5.92 Å². The molecule has 0 saturated carbocycles. The first-order chi connectivity index (χ1) is 9.58. The van der Waals surface area contributed by atoms with Crippen molar-refractivity contribution < 1.29 is 4.39 Å². The fraction of sp³-hybridized carbons (Fsp3) is 0.789. The molecule has 0 aromatic carbocycles. The molecule has 0 N–H and O–H groups in total. The number of alkyl halides is 1. The van der Waals surface area contributed by atoms with Crippen LogP contribution < -0.4 is 0 Å². The highest BCUT2D eigenvalue weighted by Gasteiger charge is 2.09. The number of rotatable bonds is 0. The molecule has 2 aliphatic rings. The van der Waals surface area contributed by atoms with Gasteiger partial charge in [0.1, 0.15) is 6.17 Å². The minimum atomic E-state index is -0.557. The first kappa shape index (κ1) is 21.7. The minimum Gasteiger partial charge on any atom is -0.247 e. The third-order valence-corrected chi connectivity index (χ3v) is 3.47. The van der Waals surface area contributed by atoms with E-state index < -0.39 is 6.17 Å². The van der Waals surface area contributed by atoms with Gasteiger partial charge in [0.15, 0.2) is 0 Å². The highest BCUT2D eigenvalue weighted by Crippen LogP contribution is 2.21. The number of halogens is 1. The second-order valence-corrected chi connectivity index (χ2v) is 5.35. The van der Waals surface area contributed by atoms with Gasteiger partial charge in [0.2, 0.25) is 0 Å².